The molecule has 0 unspecified atom stereocenters. The van der Waals surface area contributed by atoms with Gasteiger partial charge in [0.25, 0.3) is 0 Å². The largest absolute Gasteiger partial charge is 0.329 e. The molecule has 0 amide bonds. The third kappa shape index (κ3) is 3.35. The Morgan fingerprint density at radius 3 is 2.40 bits per heavy atom. The van der Waals surface area contributed by atoms with Gasteiger partial charge in [0.1, 0.15) is 5.82 Å². The van der Waals surface area contributed by atoms with Crippen LogP contribution >= 0.6 is 0 Å². The minimum atomic E-state index is -0.229. The van der Waals surface area contributed by atoms with Gasteiger partial charge in [-0.2, -0.15) is 0 Å². The molecule has 0 saturated carbocycles. The summed E-state index contributed by atoms with van der Waals surface area (Å²) in [7, 11) is 7.62. The zero-order valence-electron chi connectivity index (χ0n) is 18.0. The molecule has 0 aliphatic carbocycles. The summed E-state index contributed by atoms with van der Waals surface area (Å²) in [4.78, 5) is 19.2. The van der Waals surface area contributed by atoms with Gasteiger partial charge in [-0.25, -0.2) is 14.2 Å². The minimum Gasteiger partial charge on any atom is -0.329 e. The van der Waals surface area contributed by atoms with E-state index in [-0.39, 0.29) is 11.5 Å². The highest BCUT2D eigenvalue weighted by molar-refractivity contribution is 5.86. The number of hydrogen-bond acceptors (Lipinski definition) is 3. The van der Waals surface area contributed by atoms with Crippen molar-refractivity contribution in [2.45, 2.75) is 13.5 Å². The Labute approximate surface area is 174 Å². The molecule has 156 valence electrons. The number of aryl methyl sites for hydroxylation is 3. The van der Waals surface area contributed by atoms with Crippen molar-refractivity contribution in [3.63, 3.8) is 0 Å². The van der Waals surface area contributed by atoms with Gasteiger partial charge < -0.3 is 9.47 Å². The Morgan fingerprint density at radius 1 is 1.00 bits per heavy atom. The molecule has 2 aromatic heterocycles. The van der Waals surface area contributed by atoms with Crippen LogP contribution in [-0.2, 0) is 20.6 Å². The molecule has 0 bridgehead atoms. The molecular formula is C23H26FN5O. The summed E-state index contributed by atoms with van der Waals surface area (Å²) in [5, 5.41) is 0. The molecule has 2 aromatic carbocycles. The third-order valence-electron chi connectivity index (χ3n) is 5.60. The van der Waals surface area contributed by atoms with Crippen LogP contribution < -0.4 is 5.69 Å². The van der Waals surface area contributed by atoms with E-state index in [4.69, 9.17) is 0 Å². The molecule has 0 saturated heterocycles. The van der Waals surface area contributed by atoms with Crippen molar-refractivity contribution in [2.75, 3.05) is 20.6 Å². The van der Waals surface area contributed by atoms with E-state index in [1.165, 1.54) is 6.07 Å². The van der Waals surface area contributed by atoms with Crippen LogP contribution in [-0.4, -0.2) is 44.2 Å². The van der Waals surface area contributed by atoms with Crippen LogP contribution in [0.3, 0.4) is 0 Å². The second-order valence-corrected chi connectivity index (χ2v) is 8.01. The van der Waals surface area contributed by atoms with Gasteiger partial charge in [0.05, 0.1) is 28.7 Å². The van der Waals surface area contributed by atoms with Gasteiger partial charge in [0, 0.05) is 38.3 Å². The minimum absolute atomic E-state index is 0.0577. The van der Waals surface area contributed by atoms with Crippen molar-refractivity contribution in [3.05, 3.63) is 64.6 Å². The van der Waals surface area contributed by atoms with Crippen molar-refractivity contribution in [1.29, 1.82) is 0 Å². The summed E-state index contributed by atoms with van der Waals surface area (Å²) in [6.07, 6.45) is 1.83. The number of hydrogen-bond donors (Lipinski definition) is 0. The summed E-state index contributed by atoms with van der Waals surface area (Å²) in [5.41, 5.74) is 5.87. The third-order valence-corrected chi connectivity index (χ3v) is 5.60. The van der Waals surface area contributed by atoms with Crippen LogP contribution in [0.5, 0.6) is 0 Å². The fourth-order valence-electron chi connectivity index (χ4n) is 3.82. The number of imidazole rings is 2. The fraction of sp³-hybridized carbons (Fsp3) is 0.304. The quantitative estimate of drug-likeness (QED) is 0.509. The van der Waals surface area contributed by atoms with Gasteiger partial charge in [-0.05, 0) is 56.9 Å². The standard InChI is InChI=1S/C23H26FN5O/c1-15-12-16(6-8-18(15)24)21-22(29(14-25-21)11-10-26(2)3)17-7-9-19-20(13-17)28(5)23(30)27(19)4/h6-9,12-14H,10-11H2,1-5H3. The van der Waals surface area contributed by atoms with Gasteiger partial charge in [0.2, 0.25) is 0 Å². The SMILES string of the molecule is Cc1cc(-c2ncn(CCN(C)C)c2-c2ccc3c(c2)n(C)c(=O)n3C)ccc1F. The number of likely N-dealkylation sites (N-methyl/N-ethyl adjacent to an activating group) is 1. The van der Waals surface area contributed by atoms with E-state index in [9.17, 15) is 9.18 Å². The van der Waals surface area contributed by atoms with E-state index in [2.05, 4.69) is 14.5 Å². The average Bonchev–Trinajstić information content (AvgIpc) is 3.24. The van der Waals surface area contributed by atoms with Crippen LogP contribution in [0.4, 0.5) is 4.39 Å². The van der Waals surface area contributed by atoms with Crippen molar-refractivity contribution < 1.29 is 4.39 Å². The van der Waals surface area contributed by atoms with E-state index in [0.29, 0.717) is 5.56 Å². The fourth-order valence-corrected chi connectivity index (χ4v) is 3.82. The molecular weight excluding hydrogens is 381 g/mol. The van der Waals surface area contributed by atoms with Crippen molar-refractivity contribution in [3.8, 4) is 22.5 Å². The maximum Gasteiger partial charge on any atom is 0.328 e. The lowest BCUT2D eigenvalue weighted by Gasteiger charge is -2.14. The maximum atomic E-state index is 13.8. The molecule has 0 fully saturated rings. The van der Waals surface area contributed by atoms with E-state index < -0.39 is 0 Å². The molecule has 4 aromatic rings. The van der Waals surface area contributed by atoms with E-state index in [0.717, 1.165) is 46.6 Å². The lowest BCUT2D eigenvalue weighted by atomic mass is 10.0. The molecule has 2 heterocycles. The second-order valence-electron chi connectivity index (χ2n) is 8.01. The highest BCUT2D eigenvalue weighted by Crippen LogP contribution is 2.33. The zero-order chi connectivity index (χ0) is 21.6. The molecule has 0 N–H and O–H groups in total. The number of rotatable bonds is 5. The second kappa shape index (κ2) is 7.57. The van der Waals surface area contributed by atoms with Crippen LogP contribution in [0.2, 0.25) is 0 Å². The van der Waals surface area contributed by atoms with E-state index >= 15 is 0 Å². The van der Waals surface area contributed by atoms with Crippen LogP contribution in [0.15, 0.2) is 47.5 Å². The highest BCUT2D eigenvalue weighted by Gasteiger charge is 2.18. The molecule has 0 spiro atoms. The molecule has 0 atom stereocenters. The van der Waals surface area contributed by atoms with Crippen molar-refractivity contribution in [2.24, 2.45) is 14.1 Å². The zero-order valence-corrected chi connectivity index (χ0v) is 18.0. The number of benzene rings is 2. The number of nitrogens with zero attached hydrogens (tertiary/aromatic N) is 5. The average molecular weight is 407 g/mol. The molecule has 6 nitrogen and oxygen atoms in total. The number of fused-ring (bicyclic) bond motifs is 1. The van der Waals surface area contributed by atoms with Crippen molar-refractivity contribution >= 4 is 11.0 Å². The molecule has 0 aliphatic rings. The molecule has 0 radical (unpaired) electrons. The Bertz CT molecular complexity index is 1300. The Morgan fingerprint density at radius 2 is 1.70 bits per heavy atom. The first-order valence-corrected chi connectivity index (χ1v) is 9.90. The maximum absolute atomic E-state index is 13.8. The Kier molecular flexibility index (Phi) is 5.07. The van der Waals surface area contributed by atoms with Gasteiger partial charge in [-0.3, -0.25) is 9.13 Å². The van der Waals surface area contributed by atoms with Gasteiger partial charge in [0.15, 0.2) is 0 Å². The number of halogens is 1. The van der Waals surface area contributed by atoms with Gasteiger partial charge >= 0.3 is 5.69 Å². The Balaban J connectivity index is 1.93. The predicted octanol–water partition coefficient (Wildman–Crippen LogP) is 3.42. The highest BCUT2D eigenvalue weighted by atomic mass is 19.1. The summed E-state index contributed by atoms with van der Waals surface area (Å²) in [6, 6.07) is 11.1. The first-order chi connectivity index (χ1) is 14.3. The smallest absolute Gasteiger partial charge is 0.328 e. The van der Waals surface area contributed by atoms with E-state index in [1.54, 1.807) is 36.2 Å². The molecule has 30 heavy (non-hydrogen) atoms. The molecule has 4 rings (SSSR count). The van der Waals surface area contributed by atoms with Crippen molar-refractivity contribution in [1.82, 2.24) is 23.6 Å². The molecule has 7 heteroatoms. The predicted molar refractivity (Wildman–Crippen MR) is 118 cm³/mol. The topological polar surface area (TPSA) is 48.0 Å². The van der Waals surface area contributed by atoms with Gasteiger partial charge in [-0.15, -0.1) is 0 Å². The van der Waals surface area contributed by atoms with E-state index in [1.807, 2.05) is 44.7 Å². The summed E-state index contributed by atoms with van der Waals surface area (Å²) < 4.78 is 19.3. The molecule has 0 aliphatic heterocycles. The monoisotopic (exact) mass is 407 g/mol. The first kappa shape index (κ1) is 20.1. The number of aromatic nitrogens is 4. The normalized spacial score (nSPS) is 11.7. The van der Waals surface area contributed by atoms with Gasteiger partial charge in [-0.1, -0.05) is 6.07 Å². The lowest BCUT2D eigenvalue weighted by Crippen LogP contribution is -2.19. The van der Waals surface area contributed by atoms with Crippen LogP contribution in [0.1, 0.15) is 5.56 Å². The van der Waals surface area contributed by atoms with Crippen LogP contribution in [0, 0.1) is 12.7 Å². The summed E-state index contributed by atoms with van der Waals surface area (Å²) >= 11 is 0. The Hall–Kier alpha value is -3.19. The van der Waals surface area contributed by atoms with Crippen LogP contribution in [0.25, 0.3) is 33.5 Å². The summed E-state index contributed by atoms with van der Waals surface area (Å²) in [5.74, 6) is -0.229. The summed E-state index contributed by atoms with van der Waals surface area (Å²) in [6.45, 7) is 3.38. The first-order valence-electron chi connectivity index (χ1n) is 9.90. The lowest BCUT2D eigenvalue weighted by molar-refractivity contribution is 0.385.